The lowest BCUT2D eigenvalue weighted by atomic mass is 10.2. The average Bonchev–Trinajstić information content (AvgIpc) is 3.43. The molecule has 0 aliphatic heterocycles. The van der Waals surface area contributed by atoms with Crippen molar-refractivity contribution in [3.63, 3.8) is 0 Å². The van der Waals surface area contributed by atoms with E-state index in [1.54, 1.807) is 13.0 Å². The highest BCUT2D eigenvalue weighted by molar-refractivity contribution is 7.99. The Bertz CT molecular complexity index is 1160. The molecular weight excluding hydrogens is 424 g/mol. The van der Waals surface area contributed by atoms with Gasteiger partial charge in [0.2, 0.25) is 5.91 Å². The minimum absolute atomic E-state index is 0.155. The number of hydrogen-bond donors (Lipinski definition) is 1. The molecular formula is C20H19ClN6O2S. The second-order valence-electron chi connectivity index (χ2n) is 6.66. The van der Waals surface area contributed by atoms with Crippen LogP contribution in [0.25, 0.3) is 5.69 Å². The lowest BCUT2D eigenvalue weighted by molar-refractivity contribution is -0.113. The molecule has 30 heavy (non-hydrogen) atoms. The van der Waals surface area contributed by atoms with E-state index in [1.165, 1.54) is 11.8 Å². The summed E-state index contributed by atoms with van der Waals surface area (Å²) in [7, 11) is 1.99. The predicted molar refractivity (Wildman–Crippen MR) is 115 cm³/mol. The van der Waals surface area contributed by atoms with E-state index in [0.717, 1.165) is 17.2 Å². The van der Waals surface area contributed by atoms with Crippen LogP contribution in [-0.4, -0.2) is 36.1 Å². The fraction of sp³-hybridized carbons (Fsp3) is 0.200. The van der Waals surface area contributed by atoms with Crippen LogP contribution in [0.1, 0.15) is 17.3 Å². The predicted octanol–water partition coefficient (Wildman–Crippen LogP) is 3.88. The Morgan fingerprint density at radius 2 is 2.03 bits per heavy atom. The van der Waals surface area contributed by atoms with Crippen molar-refractivity contribution in [2.75, 3.05) is 11.1 Å². The standard InChI is InChI=1S/C20H19ClN6O2S/c1-13-10-17(25-29-13)22-19(28)12-30-20-24-23-18(11-16-4-3-9-26(16)2)27(20)15-7-5-14(21)6-8-15/h3-10H,11-12H2,1-2H3,(H,22,25,28). The molecule has 8 nitrogen and oxygen atoms in total. The number of amides is 1. The molecule has 0 aliphatic carbocycles. The van der Waals surface area contributed by atoms with Gasteiger partial charge in [-0.15, -0.1) is 10.2 Å². The fourth-order valence-corrected chi connectivity index (χ4v) is 3.83. The molecule has 0 fully saturated rings. The molecule has 0 spiro atoms. The first-order valence-electron chi connectivity index (χ1n) is 9.16. The van der Waals surface area contributed by atoms with Gasteiger partial charge in [0, 0.05) is 42.1 Å². The molecule has 1 aromatic carbocycles. The summed E-state index contributed by atoms with van der Waals surface area (Å²) in [6.45, 7) is 1.76. The molecule has 1 amide bonds. The number of thioether (sulfide) groups is 1. The molecule has 0 aliphatic rings. The van der Waals surface area contributed by atoms with Crippen molar-refractivity contribution in [2.24, 2.45) is 7.05 Å². The average molecular weight is 443 g/mol. The molecule has 4 aromatic rings. The Hall–Kier alpha value is -3.04. The quantitative estimate of drug-likeness (QED) is 0.437. The largest absolute Gasteiger partial charge is 0.360 e. The zero-order valence-electron chi connectivity index (χ0n) is 16.4. The molecule has 0 radical (unpaired) electrons. The number of nitrogens with one attached hydrogen (secondary N) is 1. The smallest absolute Gasteiger partial charge is 0.236 e. The van der Waals surface area contributed by atoms with Crippen LogP contribution < -0.4 is 5.32 Å². The first-order chi connectivity index (χ1) is 14.5. The lowest BCUT2D eigenvalue weighted by Gasteiger charge is -2.11. The summed E-state index contributed by atoms with van der Waals surface area (Å²) in [5, 5.41) is 16.5. The number of aryl methyl sites for hydroxylation is 2. The molecule has 4 rings (SSSR count). The van der Waals surface area contributed by atoms with Crippen LogP contribution in [0, 0.1) is 6.92 Å². The van der Waals surface area contributed by atoms with E-state index in [-0.39, 0.29) is 11.7 Å². The van der Waals surface area contributed by atoms with Crippen LogP contribution >= 0.6 is 23.4 Å². The van der Waals surface area contributed by atoms with Crippen LogP contribution in [0.4, 0.5) is 5.82 Å². The molecule has 3 heterocycles. The summed E-state index contributed by atoms with van der Waals surface area (Å²) >= 11 is 7.35. The number of carbonyl (C=O) groups excluding carboxylic acids is 1. The molecule has 0 atom stereocenters. The molecule has 0 saturated carbocycles. The Morgan fingerprint density at radius 1 is 1.23 bits per heavy atom. The number of rotatable bonds is 7. The van der Waals surface area contributed by atoms with Crippen LogP contribution in [0.5, 0.6) is 0 Å². The van der Waals surface area contributed by atoms with Crippen molar-refractivity contribution < 1.29 is 9.32 Å². The number of carbonyl (C=O) groups is 1. The first-order valence-corrected chi connectivity index (χ1v) is 10.5. The van der Waals surface area contributed by atoms with Gasteiger partial charge in [-0.3, -0.25) is 9.36 Å². The van der Waals surface area contributed by atoms with Gasteiger partial charge >= 0.3 is 0 Å². The number of halogens is 1. The molecule has 1 N–H and O–H groups in total. The van der Waals surface area contributed by atoms with Crippen LogP contribution in [0.2, 0.25) is 5.02 Å². The highest BCUT2D eigenvalue weighted by Gasteiger charge is 2.17. The van der Waals surface area contributed by atoms with E-state index in [9.17, 15) is 4.79 Å². The van der Waals surface area contributed by atoms with E-state index >= 15 is 0 Å². The van der Waals surface area contributed by atoms with E-state index in [0.29, 0.717) is 28.2 Å². The number of benzene rings is 1. The van der Waals surface area contributed by atoms with Gasteiger partial charge in [-0.05, 0) is 43.3 Å². The number of nitrogens with zero attached hydrogens (tertiary/aromatic N) is 5. The van der Waals surface area contributed by atoms with E-state index in [2.05, 4.69) is 20.7 Å². The highest BCUT2D eigenvalue weighted by atomic mass is 35.5. The first kappa shape index (κ1) is 20.2. The molecule has 3 aromatic heterocycles. The van der Waals surface area contributed by atoms with Crippen molar-refractivity contribution in [2.45, 2.75) is 18.5 Å². The van der Waals surface area contributed by atoms with Gasteiger partial charge in [0.25, 0.3) is 0 Å². The topological polar surface area (TPSA) is 90.8 Å². The Morgan fingerprint density at radius 3 is 2.70 bits per heavy atom. The summed E-state index contributed by atoms with van der Waals surface area (Å²) < 4.78 is 8.96. The number of hydrogen-bond acceptors (Lipinski definition) is 6. The zero-order chi connectivity index (χ0) is 21.1. The summed E-state index contributed by atoms with van der Waals surface area (Å²) in [5.74, 6) is 1.74. The molecule has 0 bridgehead atoms. The number of anilines is 1. The Kier molecular flexibility index (Phi) is 5.91. The zero-order valence-corrected chi connectivity index (χ0v) is 17.9. The Balaban J connectivity index is 1.56. The van der Waals surface area contributed by atoms with Gasteiger partial charge in [0.15, 0.2) is 11.0 Å². The number of aromatic nitrogens is 5. The van der Waals surface area contributed by atoms with Crippen molar-refractivity contribution >= 4 is 35.1 Å². The maximum absolute atomic E-state index is 12.3. The van der Waals surface area contributed by atoms with E-state index < -0.39 is 0 Å². The van der Waals surface area contributed by atoms with E-state index in [1.807, 2.05) is 58.8 Å². The second-order valence-corrected chi connectivity index (χ2v) is 8.04. The Labute approximate surface area is 182 Å². The van der Waals surface area contributed by atoms with Gasteiger partial charge in [0.05, 0.1) is 5.75 Å². The molecule has 0 unspecified atom stereocenters. The maximum atomic E-state index is 12.3. The molecule has 0 saturated heterocycles. The summed E-state index contributed by atoms with van der Waals surface area (Å²) in [6, 6.07) is 13.1. The SMILES string of the molecule is Cc1cc(NC(=O)CSc2nnc(Cc3cccn3C)n2-c2ccc(Cl)cc2)no1. The van der Waals surface area contributed by atoms with Gasteiger partial charge in [-0.2, -0.15) is 0 Å². The normalized spacial score (nSPS) is 11.0. The molecule has 154 valence electrons. The van der Waals surface area contributed by atoms with Gasteiger partial charge in [0.1, 0.15) is 11.6 Å². The third kappa shape index (κ3) is 4.58. The van der Waals surface area contributed by atoms with Crippen molar-refractivity contribution in [1.29, 1.82) is 0 Å². The monoisotopic (exact) mass is 442 g/mol. The third-order valence-electron chi connectivity index (χ3n) is 4.40. The van der Waals surface area contributed by atoms with Crippen molar-refractivity contribution in [3.05, 3.63) is 71.0 Å². The van der Waals surface area contributed by atoms with Gasteiger partial charge in [-0.1, -0.05) is 28.5 Å². The molecule has 10 heteroatoms. The van der Waals surface area contributed by atoms with Gasteiger partial charge in [-0.25, -0.2) is 0 Å². The summed E-state index contributed by atoms with van der Waals surface area (Å²) in [5.41, 5.74) is 1.98. The lowest BCUT2D eigenvalue weighted by Crippen LogP contribution is -2.15. The highest BCUT2D eigenvalue weighted by Crippen LogP contribution is 2.25. The minimum Gasteiger partial charge on any atom is -0.360 e. The summed E-state index contributed by atoms with van der Waals surface area (Å²) in [6.07, 6.45) is 2.59. The fourth-order valence-electron chi connectivity index (χ4n) is 2.93. The van der Waals surface area contributed by atoms with E-state index in [4.69, 9.17) is 16.1 Å². The summed E-state index contributed by atoms with van der Waals surface area (Å²) in [4.78, 5) is 12.3. The maximum Gasteiger partial charge on any atom is 0.236 e. The second kappa shape index (κ2) is 8.76. The van der Waals surface area contributed by atoms with Crippen molar-refractivity contribution in [1.82, 2.24) is 24.5 Å². The van der Waals surface area contributed by atoms with Gasteiger partial charge < -0.3 is 14.4 Å². The van der Waals surface area contributed by atoms with Crippen LogP contribution in [0.15, 0.2) is 58.3 Å². The van der Waals surface area contributed by atoms with Crippen LogP contribution in [0.3, 0.4) is 0 Å². The van der Waals surface area contributed by atoms with Crippen LogP contribution in [-0.2, 0) is 18.3 Å². The van der Waals surface area contributed by atoms with Crippen molar-refractivity contribution in [3.8, 4) is 5.69 Å². The third-order valence-corrected chi connectivity index (χ3v) is 5.58. The minimum atomic E-state index is -0.206.